The lowest BCUT2D eigenvalue weighted by atomic mass is 10.1. The number of halogens is 2. The van der Waals surface area contributed by atoms with E-state index in [2.05, 4.69) is 4.98 Å². The molecule has 0 bridgehead atoms. The van der Waals surface area contributed by atoms with Crippen molar-refractivity contribution in [3.05, 3.63) is 31.8 Å². The number of aromatic amines is 1. The van der Waals surface area contributed by atoms with Crippen molar-refractivity contribution in [1.29, 1.82) is 0 Å². The van der Waals surface area contributed by atoms with Gasteiger partial charge in [-0.15, -0.1) is 0 Å². The number of nitrogens with zero attached hydrogens (tertiary/aromatic N) is 1. The minimum Gasteiger partial charge on any atom is -0.379 e. The SMILES string of the molecule is O=c1[nH]c(Cl)c(F)c(=O)n1C1CCCOC1. The van der Waals surface area contributed by atoms with Crippen LogP contribution in [0.2, 0.25) is 5.15 Å². The maximum atomic E-state index is 13.2. The van der Waals surface area contributed by atoms with E-state index in [1.807, 2.05) is 0 Å². The molecule has 1 fully saturated rings. The Kier molecular flexibility index (Phi) is 3.11. The molecule has 0 saturated carbocycles. The highest BCUT2D eigenvalue weighted by Crippen LogP contribution is 2.16. The highest BCUT2D eigenvalue weighted by atomic mass is 35.5. The fourth-order valence-electron chi connectivity index (χ4n) is 1.76. The van der Waals surface area contributed by atoms with Gasteiger partial charge in [0.05, 0.1) is 12.6 Å². The second kappa shape index (κ2) is 4.39. The maximum absolute atomic E-state index is 13.2. The summed E-state index contributed by atoms with van der Waals surface area (Å²) in [7, 11) is 0. The lowest BCUT2D eigenvalue weighted by Crippen LogP contribution is -2.42. The van der Waals surface area contributed by atoms with Gasteiger partial charge >= 0.3 is 5.69 Å². The number of rotatable bonds is 1. The van der Waals surface area contributed by atoms with Crippen molar-refractivity contribution < 1.29 is 9.13 Å². The summed E-state index contributed by atoms with van der Waals surface area (Å²) in [6, 6.07) is -0.420. The minimum atomic E-state index is -1.13. The molecule has 1 aliphatic heterocycles. The summed E-state index contributed by atoms with van der Waals surface area (Å²) in [4.78, 5) is 25.1. The molecule has 0 amide bonds. The highest BCUT2D eigenvalue weighted by molar-refractivity contribution is 6.29. The molecule has 7 heteroatoms. The molecule has 16 heavy (non-hydrogen) atoms. The smallest absolute Gasteiger partial charge is 0.329 e. The van der Waals surface area contributed by atoms with Crippen LogP contribution in [0.1, 0.15) is 18.9 Å². The average Bonchev–Trinajstić information content (AvgIpc) is 2.28. The van der Waals surface area contributed by atoms with Gasteiger partial charge in [-0.05, 0) is 12.8 Å². The summed E-state index contributed by atoms with van der Waals surface area (Å²) in [5, 5.41) is -0.553. The number of ether oxygens (including phenoxy) is 1. The third-order valence-electron chi connectivity index (χ3n) is 2.54. The van der Waals surface area contributed by atoms with Gasteiger partial charge in [-0.2, -0.15) is 4.39 Å². The van der Waals surface area contributed by atoms with Crippen molar-refractivity contribution in [2.75, 3.05) is 13.2 Å². The first kappa shape index (κ1) is 11.3. The van der Waals surface area contributed by atoms with E-state index < -0.39 is 28.3 Å². The second-order valence-corrected chi connectivity index (χ2v) is 3.98. The number of nitrogens with one attached hydrogen (secondary N) is 1. The zero-order valence-corrected chi connectivity index (χ0v) is 9.09. The molecule has 1 aliphatic rings. The van der Waals surface area contributed by atoms with E-state index in [-0.39, 0.29) is 6.61 Å². The Balaban J connectivity index is 2.51. The number of hydrogen-bond acceptors (Lipinski definition) is 3. The van der Waals surface area contributed by atoms with Crippen LogP contribution < -0.4 is 11.2 Å². The average molecular weight is 249 g/mol. The summed E-state index contributed by atoms with van der Waals surface area (Å²) in [6.07, 6.45) is 1.35. The van der Waals surface area contributed by atoms with Crippen molar-refractivity contribution in [1.82, 2.24) is 9.55 Å². The van der Waals surface area contributed by atoms with Crippen LogP contribution in [-0.4, -0.2) is 22.8 Å². The summed E-state index contributed by atoms with van der Waals surface area (Å²) in [5.41, 5.74) is -1.70. The molecule has 88 valence electrons. The molecule has 0 aliphatic carbocycles. The maximum Gasteiger partial charge on any atom is 0.329 e. The third-order valence-corrected chi connectivity index (χ3v) is 2.80. The first-order valence-corrected chi connectivity index (χ1v) is 5.26. The fourth-order valence-corrected chi connectivity index (χ4v) is 1.92. The molecule has 2 heterocycles. The quantitative estimate of drug-likeness (QED) is 0.744. The van der Waals surface area contributed by atoms with Crippen molar-refractivity contribution in [2.45, 2.75) is 18.9 Å². The molecule has 1 N–H and O–H groups in total. The minimum absolute atomic E-state index is 0.240. The number of aromatic nitrogens is 2. The summed E-state index contributed by atoms with van der Waals surface area (Å²) in [6.45, 7) is 0.837. The summed E-state index contributed by atoms with van der Waals surface area (Å²) < 4.78 is 19.2. The highest BCUT2D eigenvalue weighted by Gasteiger charge is 2.22. The summed E-state index contributed by atoms with van der Waals surface area (Å²) in [5.74, 6) is -1.13. The Bertz CT molecular complexity index is 504. The Labute approximate surface area is 94.8 Å². The lowest BCUT2D eigenvalue weighted by Gasteiger charge is -2.23. The van der Waals surface area contributed by atoms with E-state index in [1.165, 1.54) is 0 Å². The molecular formula is C9H10ClFN2O3. The van der Waals surface area contributed by atoms with Gasteiger partial charge in [0, 0.05) is 6.61 Å². The van der Waals surface area contributed by atoms with Crippen LogP contribution >= 0.6 is 11.6 Å². The van der Waals surface area contributed by atoms with Gasteiger partial charge in [0.15, 0.2) is 5.15 Å². The van der Waals surface area contributed by atoms with Crippen LogP contribution in [0.4, 0.5) is 4.39 Å². The summed E-state index contributed by atoms with van der Waals surface area (Å²) >= 11 is 5.35. The van der Waals surface area contributed by atoms with E-state index in [0.29, 0.717) is 13.0 Å². The largest absolute Gasteiger partial charge is 0.379 e. The van der Waals surface area contributed by atoms with Gasteiger partial charge in [-0.25, -0.2) is 4.79 Å². The van der Waals surface area contributed by atoms with Crippen LogP contribution in [0.5, 0.6) is 0 Å². The second-order valence-electron chi connectivity index (χ2n) is 3.60. The van der Waals surface area contributed by atoms with Crippen LogP contribution in [0.15, 0.2) is 9.59 Å². The molecule has 1 saturated heterocycles. The van der Waals surface area contributed by atoms with Crippen LogP contribution in [-0.2, 0) is 4.74 Å². The van der Waals surface area contributed by atoms with E-state index in [0.717, 1.165) is 11.0 Å². The van der Waals surface area contributed by atoms with Crippen molar-refractivity contribution >= 4 is 11.6 Å². The van der Waals surface area contributed by atoms with Gasteiger partial charge in [-0.3, -0.25) is 14.3 Å². The van der Waals surface area contributed by atoms with Crippen molar-refractivity contribution in [3.8, 4) is 0 Å². The third kappa shape index (κ3) is 1.90. The predicted octanol–water partition coefficient (Wildman–Crippen LogP) is 0.681. The van der Waals surface area contributed by atoms with Gasteiger partial charge < -0.3 is 4.74 Å². The first-order valence-electron chi connectivity index (χ1n) is 4.89. The Morgan fingerprint density at radius 2 is 2.25 bits per heavy atom. The zero-order valence-electron chi connectivity index (χ0n) is 8.33. The lowest BCUT2D eigenvalue weighted by molar-refractivity contribution is 0.0559. The molecule has 1 aromatic heterocycles. The molecule has 1 aromatic rings. The van der Waals surface area contributed by atoms with E-state index in [4.69, 9.17) is 16.3 Å². The van der Waals surface area contributed by atoms with Crippen LogP contribution in [0, 0.1) is 5.82 Å². The molecule has 2 rings (SSSR count). The van der Waals surface area contributed by atoms with Gasteiger partial charge in [0.25, 0.3) is 5.56 Å². The Morgan fingerprint density at radius 3 is 2.88 bits per heavy atom. The molecule has 0 radical (unpaired) electrons. The van der Waals surface area contributed by atoms with Gasteiger partial charge in [0.2, 0.25) is 5.82 Å². The fraction of sp³-hybridized carbons (Fsp3) is 0.556. The number of H-pyrrole nitrogens is 1. The molecular weight excluding hydrogens is 239 g/mol. The monoisotopic (exact) mass is 248 g/mol. The molecule has 1 unspecified atom stereocenters. The molecule has 1 atom stereocenters. The van der Waals surface area contributed by atoms with Crippen LogP contribution in [0.3, 0.4) is 0 Å². The zero-order chi connectivity index (χ0) is 11.7. The topological polar surface area (TPSA) is 64.1 Å². The van der Waals surface area contributed by atoms with E-state index in [9.17, 15) is 14.0 Å². The van der Waals surface area contributed by atoms with E-state index in [1.54, 1.807) is 0 Å². The van der Waals surface area contributed by atoms with Crippen molar-refractivity contribution in [3.63, 3.8) is 0 Å². The van der Waals surface area contributed by atoms with Gasteiger partial charge in [-0.1, -0.05) is 11.6 Å². The Hall–Kier alpha value is -1.14. The molecule has 0 spiro atoms. The Morgan fingerprint density at radius 1 is 1.50 bits per heavy atom. The molecule has 5 nitrogen and oxygen atoms in total. The van der Waals surface area contributed by atoms with Gasteiger partial charge in [0.1, 0.15) is 0 Å². The first-order chi connectivity index (χ1) is 7.61. The normalized spacial score (nSPS) is 21.0. The number of hydrogen-bond donors (Lipinski definition) is 1. The molecule has 0 aromatic carbocycles. The standard InChI is InChI=1S/C9H10ClFN2O3/c10-7-6(11)8(14)13(9(15)12-7)5-2-1-3-16-4-5/h5H,1-4H2,(H,12,15). The van der Waals surface area contributed by atoms with E-state index >= 15 is 0 Å². The van der Waals surface area contributed by atoms with Crippen LogP contribution in [0.25, 0.3) is 0 Å². The predicted molar refractivity (Wildman–Crippen MR) is 55.4 cm³/mol. The van der Waals surface area contributed by atoms with Crippen molar-refractivity contribution in [2.24, 2.45) is 0 Å².